The van der Waals surface area contributed by atoms with Gasteiger partial charge >= 0.3 is 0 Å². The fourth-order valence-electron chi connectivity index (χ4n) is 2.59. The molecule has 0 aliphatic carbocycles. The first-order valence-corrected chi connectivity index (χ1v) is 9.30. The van der Waals surface area contributed by atoms with Crippen molar-refractivity contribution in [1.82, 2.24) is 9.97 Å². The monoisotopic (exact) mass is 458 g/mol. The highest BCUT2D eigenvalue weighted by Crippen LogP contribution is 2.36. The molecule has 3 rings (SSSR count). The maximum Gasteiger partial charge on any atom is 0.252 e. The number of nitrogens with zero attached hydrogens (tertiary/aromatic N) is 2. The van der Waals surface area contributed by atoms with Crippen molar-refractivity contribution in [3.05, 3.63) is 62.9 Å². The average Bonchev–Trinajstić information content (AvgIpc) is 2.74. The van der Waals surface area contributed by atoms with Crippen molar-refractivity contribution in [3.8, 4) is 28.5 Å². The Hall–Kier alpha value is -3.33. The van der Waals surface area contributed by atoms with Crippen LogP contribution in [0.1, 0.15) is 5.56 Å². The van der Waals surface area contributed by atoms with E-state index in [1.165, 1.54) is 6.07 Å². The molecule has 0 spiro atoms. The van der Waals surface area contributed by atoms with Gasteiger partial charge in [-0.15, -0.1) is 0 Å². The number of methoxy groups -OCH3 is 3. The van der Waals surface area contributed by atoms with E-state index >= 15 is 0 Å². The van der Waals surface area contributed by atoms with Crippen LogP contribution in [0.25, 0.3) is 11.3 Å². The fraction of sp³-hybridized carbons (Fsp3) is 0.150. The number of benzene rings is 2. The number of hydrogen-bond donors (Lipinski definition) is 2. The van der Waals surface area contributed by atoms with Crippen LogP contribution in [0.15, 0.2) is 56.8 Å². The maximum absolute atomic E-state index is 12.0. The lowest BCUT2D eigenvalue weighted by molar-refractivity contribution is 0.353. The van der Waals surface area contributed by atoms with Gasteiger partial charge in [-0.25, -0.2) is 10.4 Å². The highest BCUT2D eigenvalue weighted by Gasteiger charge is 2.11. The number of nitrogens with one attached hydrogen (secondary N) is 2. The summed E-state index contributed by atoms with van der Waals surface area (Å²) in [7, 11) is 4.72. The quantitative estimate of drug-likeness (QED) is 0.414. The number of anilines is 1. The number of rotatable bonds is 7. The Bertz CT molecular complexity index is 1080. The lowest BCUT2D eigenvalue weighted by Gasteiger charge is -2.10. The minimum Gasteiger partial charge on any atom is -0.497 e. The van der Waals surface area contributed by atoms with Crippen LogP contribution in [0, 0.1) is 0 Å². The third-order valence-corrected chi connectivity index (χ3v) is 4.83. The second-order valence-corrected chi connectivity index (χ2v) is 6.58. The Kier molecular flexibility index (Phi) is 6.50. The highest BCUT2D eigenvalue weighted by atomic mass is 79.9. The van der Waals surface area contributed by atoms with Crippen molar-refractivity contribution in [2.75, 3.05) is 26.8 Å². The molecule has 8 nitrogen and oxygen atoms in total. The summed E-state index contributed by atoms with van der Waals surface area (Å²) in [6.07, 6.45) is 1.58. The van der Waals surface area contributed by atoms with E-state index in [1.807, 2.05) is 18.2 Å². The van der Waals surface area contributed by atoms with E-state index in [1.54, 1.807) is 45.7 Å². The van der Waals surface area contributed by atoms with Crippen LogP contribution in [-0.4, -0.2) is 37.5 Å². The van der Waals surface area contributed by atoms with Gasteiger partial charge in [-0.3, -0.25) is 9.78 Å². The Labute approximate surface area is 175 Å². The lowest BCUT2D eigenvalue weighted by atomic mass is 10.1. The largest absolute Gasteiger partial charge is 0.497 e. The molecule has 0 unspecified atom stereocenters. The van der Waals surface area contributed by atoms with Crippen molar-refractivity contribution >= 4 is 28.1 Å². The Balaban J connectivity index is 1.82. The number of hydrazone groups is 1. The first-order chi connectivity index (χ1) is 14.0. The topological polar surface area (TPSA) is 97.8 Å². The second-order valence-electron chi connectivity index (χ2n) is 5.78. The third kappa shape index (κ3) is 4.75. The molecule has 1 heterocycles. The molecule has 0 aliphatic heterocycles. The predicted octanol–water partition coefficient (Wildman–Crippen LogP) is 3.67. The number of ether oxygens (including phenoxy) is 3. The minimum atomic E-state index is -0.296. The number of aromatic amines is 1. The van der Waals surface area contributed by atoms with Gasteiger partial charge in [-0.2, -0.15) is 5.10 Å². The van der Waals surface area contributed by atoms with Crippen molar-refractivity contribution in [1.29, 1.82) is 0 Å². The third-order valence-electron chi connectivity index (χ3n) is 4.02. The Morgan fingerprint density at radius 3 is 2.48 bits per heavy atom. The van der Waals surface area contributed by atoms with Crippen LogP contribution in [-0.2, 0) is 0 Å². The molecule has 3 aromatic rings. The number of H-pyrrole nitrogens is 1. The van der Waals surface area contributed by atoms with Gasteiger partial charge in [0.15, 0.2) is 11.5 Å². The molecule has 0 saturated heterocycles. The zero-order valence-electron chi connectivity index (χ0n) is 16.0. The molecule has 0 fully saturated rings. The zero-order valence-corrected chi connectivity index (χ0v) is 17.6. The van der Waals surface area contributed by atoms with Gasteiger partial charge in [0.05, 0.1) is 37.7 Å². The second kappa shape index (κ2) is 9.24. The zero-order chi connectivity index (χ0) is 20.8. The standard InChI is InChI=1S/C20H19BrN4O4/c1-27-14-7-4-12(5-8-14)15-10-17(26)24-20(23-15)25-22-11-13-6-9-16(28-2)19(29-3)18(13)21/h4-11H,1-3H3,(H2,23,24,25,26)/b22-11-. The van der Waals surface area contributed by atoms with E-state index in [4.69, 9.17) is 14.2 Å². The summed E-state index contributed by atoms with van der Waals surface area (Å²) >= 11 is 3.48. The summed E-state index contributed by atoms with van der Waals surface area (Å²) in [5, 5.41) is 4.15. The van der Waals surface area contributed by atoms with E-state index in [0.717, 1.165) is 16.9 Å². The summed E-state index contributed by atoms with van der Waals surface area (Å²) in [4.78, 5) is 19.0. The average molecular weight is 459 g/mol. The fourth-order valence-corrected chi connectivity index (χ4v) is 3.18. The van der Waals surface area contributed by atoms with Crippen LogP contribution in [0.2, 0.25) is 0 Å². The molecule has 2 aromatic carbocycles. The highest BCUT2D eigenvalue weighted by molar-refractivity contribution is 9.10. The van der Waals surface area contributed by atoms with Crippen molar-refractivity contribution in [2.45, 2.75) is 0 Å². The maximum atomic E-state index is 12.0. The molecule has 1 aromatic heterocycles. The summed E-state index contributed by atoms with van der Waals surface area (Å²) in [6, 6.07) is 12.3. The molecule has 29 heavy (non-hydrogen) atoms. The first kappa shape index (κ1) is 20.4. The van der Waals surface area contributed by atoms with Crippen molar-refractivity contribution < 1.29 is 14.2 Å². The molecule has 0 aliphatic rings. The SMILES string of the molecule is COc1ccc(-c2cc(=O)[nH]c(N/N=C\c3ccc(OC)c(OC)c3Br)n2)cc1. The van der Waals surface area contributed by atoms with Gasteiger partial charge in [-0.05, 0) is 52.3 Å². The number of halogens is 1. The smallest absolute Gasteiger partial charge is 0.252 e. The van der Waals surface area contributed by atoms with Gasteiger partial charge in [0.1, 0.15) is 5.75 Å². The van der Waals surface area contributed by atoms with Crippen LogP contribution in [0.3, 0.4) is 0 Å². The van der Waals surface area contributed by atoms with Crippen molar-refractivity contribution in [3.63, 3.8) is 0 Å². The van der Waals surface area contributed by atoms with E-state index in [-0.39, 0.29) is 11.5 Å². The van der Waals surface area contributed by atoms with E-state index < -0.39 is 0 Å². The van der Waals surface area contributed by atoms with Crippen LogP contribution < -0.4 is 25.2 Å². The van der Waals surface area contributed by atoms with Crippen molar-refractivity contribution in [2.24, 2.45) is 5.10 Å². The molecule has 0 saturated carbocycles. The van der Waals surface area contributed by atoms with Gasteiger partial charge in [-0.1, -0.05) is 0 Å². The molecule has 0 amide bonds. The number of aromatic nitrogens is 2. The minimum absolute atomic E-state index is 0.219. The predicted molar refractivity (Wildman–Crippen MR) is 115 cm³/mol. The molecule has 2 N–H and O–H groups in total. The summed E-state index contributed by atoms with van der Waals surface area (Å²) < 4.78 is 16.4. The first-order valence-electron chi connectivity index (χ1n) is 8.51. The Morgan fingerprint density at radius 2 is 1.83 bits per heavy atom. The van der Waals surface area contributed by atoms with E-state index in [0.29, 0.717) is 21.7 Å². The normalized spacial score (nSPS) is 10.8. The van der Waals surface area contributed by atoms with Crippen LogP contribution in [0.5, 0.6) is 17.2 Å². The Morgan fingerprint density at radius 1 is 1.07 bits per heavy atom. The molecule has 150 valence electrons. The van der Waals surface area contributed by atoms with Gasteiger partial charge in [0.25, 0.3) is 5.56 Å². The van der Waals surface area contributed by atoms with E-state index in [9.17, 15) is 4.79 Å². The summed E-state index contributed by atoms with van der Waals surface area (Å²) in [5.74, 6) is 2.10. The molecule has 0 radical (unpaired) electrons. The summed E-state index contributed by atoms with van der Waals surface area (Å²) in [5.41, 5.74) is 4.50. The molecule has 0 atom stereocenters. The molecule has 0 bridgehead atoms. The van der Waals surface area contributed by atoms with E-state index in [2.05, 4.69) is 36.4 Å². The van der Waals surface area contributed by atoms with Gasteiger partial charge in [0.2, 0.25) is 5.95 Å². The van der Waals surface area contributed by atoms with Gasteiger partial charge < -0.3 is 14.2 Å². The van der Waals surface area contributed by atoms with Crippen LogP contribution >= 0.6 is 15.9 Å². The molecular formula is C20H19BrN4O4. The molecule has 9 heteroatoms. The summed E-state index contributed by atoms with van der Waals surface area (Å²) in [6.45, 7) is 0. The van der Waals surface area contributed by atoms with Crippen LogP contribution in [0.4, 0.5) is 5.95 Å². The van der Waals surface area contributed by atoms with Gasteiger partial charge in [0, 0.05) is 17.2 Å². The molecular weight excluding hydrogens is 440 g/mol. The lowest BCUT2D eigenvalue weighted by Crippen LogP contribution is -2.10. The number of hydrogen-bond acceptors (Lipinski definition) is 7.